The molecule has 0 unspecified atom stereocenters. The van der Waals surface area contributed by atoms with Crippen LogP contribution in [0.1, 0.15) is 47.1 Å². The average molecular weight is 412 g/mol. The maximum absolute atomic E-state index is 12.8. The van der Waals surface area contributed by atoms with Crippen molar-refractivity contribution in [2.45, 2.75) is 44.7 Å². The van der Waals surface area contributed by atoms with Gasteiger partial charge in [-0.25, -0.2) is 4.98 Å². The summed E-state index contributed by atoms with van der Waals surface area (Å²) in [5, 5.41) is 0.820. The summed E-state index contributed by atoms with van der Waals surface area (Å²) in [5.41, 5.74) is 2.40. The molecule has 0 radical (unpaired) electrons. The number of aryl methyl sites for hydroxylation is 2. The van der Waals surface area contributed by atoms with Crippen LogP contribution in [-0.2, 0) is 19.4 Å². The minimum atomic E-state index is 0.0159. The van der Waals surface area contributed by atoms with Crippen molar-refractivity contribution >= 4 is 21.6 Å². The van der Waals surface area contributed by atoms with Crippen molar-refractivity contribution in [2.24, 2.45) is 0 Å². The van der Waals surface area contributed by atoms with E-state index in [-0.39, 0.29) is 11.6 Å². The number of nitrogens with one attached hydrogen (secondary N) is 1. The van der Waals surface area contributed by atoms with Gasteiger partial charge in [-0.3, -0.25) is 9.69 Å². The lowest BCUT2D eigenvalue weighted by molar-refractivity contribution is 0.237. The second-order valence-electron chi connectivity index (χ2n) is 7.79. The van der Waals surface area contributed by atoms with Gasteiger partial charge in [-0.05, 0) is 50.3 Å². The van der Waals surface area contributed by atoms with Crippen LogP contribution in [0.5, 0.6) is 11.5 Å². The molecule has 6 nitrogen and oxygen atoms in total. The third kappa shape index (κ3) is 3.22. The number of hydrogen-bond acceptors (Lipinski definition) is 6. The number of nitrogens with zero attached hydrogens (tertiary/aromatic N) is 2. The van der Waals surface area contributed by atoms with Gasteiger partial charge in [0.05, 0.1) is 26.2 Å². The second-order valence-corrected chi connectivity index (χ2v) is 8.87. The normalized spacial score (nSPS) is 19.0. The maximum atomic E-state index is 12.8. The van der Waals surface area contributed by atoms with Crippen molar-refractivity contribution in [2.75, 3.05) is 20.8 Å². The molecule has 1 aliphatic carbocycles. The highest BCUT2D eigenvalue weighted by Crippen LogP contribution is 2.39. The standard InChI is InChI=1S/C22H25N3O3S/c1-27-13-8-9-14(17(11-13)28-2)16-6-4-10-25(16)12-19-23-21(26)20-15-5-3-7-18(15)29-22(20)24-19/h8-9,11,16H,3-7,10,12H2,1-2H3,(H,23,24,26)/t16-/m0/s1. The van der Waals surface area contributed by atoms with E-state index >= 15 is 0 Å². The van der Waals surface area contributed by atoms with Crippen LogP contribution in [0.2, 0.25) is 0 Å². The van der Waals surface area contributed by atoms with E-state index in [1.54, 1.807) is 25.6 Å². The van der Waals surface area contributed by atoms with E-state index < -0.39 is 0 Å². The van der Waals surface area contributed by atoms with Crippen LogP contribution >= 0.6 is 11.3 Å². The molecule has 0 bridgehead atoms. The fraction of sp³-hybridized carbons (Fsp3) is 0.455. The second kappa shape index (κ2) is 7.46. The molecule has 0 saturated carbocycles. The summed E-state index contributed by atoms with van der Waals surface area (Å²) in [4.78, 5) is 25.3. The van der Waals surface area contributed by atoms with Gasteiger partial charge < -0.3 is 14.5 Å². The summed E-state index contributed by atoms with van der Waals surface area (Å²) < 4.78 is 11.0. The number of thiophene rings is 1. The molecule has 2 aromatic heterocycles. The van der Waals surface area contributed by atoms with Gasteiger partial charge in [0.2, 0.25) is 0 Å². The zero-order chi connectivity index (χ0) is 20.0. The zero-order valence-electron chi connectivity index (χ0n) is 16.8. The number of fused-ring (bicyclic) bond motifs is 3. The van der Waals surface area contributed by atoms with Crippen molar-refractivity contribution in [3.8, 4) is 11.5 Å². The number of likely N-dealkylation sites (tertiary alicyclic amines) is 1. The molecule has 2 aliphatic rings. The van der Waals surface area contributed by atoms with Crippen LogP contribution in [0.4, 0.5) is 0 Å². The van der Waals surface area contributed by atoms with Gasteiger partial charge in [0.25, 0.3) is 5.56 Å². The Hall–Kier alpha value is -2.38. The first-order valence-electron chi connectivity index (χ1n) is 10.2. The van der Waals surface area contributed by atoms with E-state index in [0.29, 0.717) is 6.54 Å². The summed E-state index contributed by atoms with van der Waals surface area (Å²) in [5.74, 6) is 2.38. The molecule has 0 amide bonds. The molecule has 1 N–H and O–H groups in total. The van der Waals surface area contributed by atoms with E-state index in [1.165, 1.54) is 10.4 Å². The fourth-order valence-corrected chi connectivity index (χ4v) is 6.06. The number of aromatic nitrogens is 2. The van der Waals surface area contributed by atoms with Gasteiger partial charge in [-0.1, -0.05) is 6.07 Å². The molecule has 1 aromatic carbocycles. The third-order valence-corrected chi connectivity index (χ3v) is 7.33. The molecule has 29 heavy (non-hydrogen) atoms. The van der Waals surface area contributed by atoms with E-state index in [2.05, 4.69) is 16.0 Å². The van der Waals surface area contributed by atoms with Crippen LogP contribution in [0, 0.1) is 0 Å². The highest BCUT2D eigenvalue weighted by molar-refractivity contribution is 7.18. The van der Waals surface area contributed by atoms with Crippen LogP contribution in [0.25, 0.3) is 10.2 Å². The van der Waals surface area contributed by atoms with E-state index in [0.717, 1.165) is 71.8 Å². The first kappa shape index (κ1) is 18.6. The van der Waals surface area contributed by atoms with Crippen LogP contribution in [-0.4, -0.2) is 35.6 Å². The number of methoxy groups -OCH3 is 2. The maximum Gasteiger partial charge on any atom is 0.259 e. The van der Waals surface area contributed by atoms with Gasteiger partial charge in [-0.15, -0.1) is 11.3 Å². The Morgan fingerprint density at radius 1 is 1.24 bits per heavy atom. The largest absolute Gasteiger partial charge is 0.497 e. The van der Waals surface area contributed by atoms with Crippen LogP contribution in [0.3, 0.4) is 0 Å². The third-order valence-electron chi connectivity index (χ3n) is 6.14. The summed E-state index contributed by atoms with van der Waals surface area (Å²) in [6, 6.07) is 6.24. The topological polar surface area (TPSA) is 67.5 Å². The molecule has 5 rings (SSSR count). The average Bonchev–Trinajstić information content (AvgIpc) is 3.43. The Bertz CT molecular complexity index is 1120. The minimum Gasteiger partial charge on any atom is -0.497 e. The molecule has 152 valence electrons. The van der Waals surface area contributed by atoms with Gasteiger partial charge in [-0.2, -0.15) is 0 Å². The molecule has 0 spiro atoms. The summed E-state index contributed by atoms with van der Waals surface area (Å²) in [6.45, 7) is 1.61. The molecule has 1 aliphatic heterocycles. The minimum absolute atomic E-state index is 0.0159. The van der Waals surface area contributed by atoms with Crippen molar-refractivity contribution in [1.29, 1.82) is 0 Å². The lowest BCUT2D eigenvalue weighted by Gasteiger charge is -2.26. The van der Waals surface area contributed by atoms with Crippen molar-refractivity contribution in [3.63, 3.8) is 0 Å². The monoisotopic (exact) mass is 411 g/mol. The molecule has 3 heterocycles. The Balaban J connectivity index is 1.45. The van der Waals surface area contributed by atoms with E-state index in [4.69, 9.17) is 14.5 Å². The lowest BCUT2D eigenvalue weighted by atomic mass is 10.0. The number of hydrogen-bond donors (Lipinski definition) is 1. The molecule has 1 fully saturated rings. The fourth-order valence-electron chi connectivity index (χ4n) is 4.78. The van der Waals surface area contributed by atoms with E-state index in [9.17, 15) is 4.79 Å². The number of aromatic amines is 1. The molecule has 1 atom stereocenters. The molecule has 7 heteroatoms. The Morgan fingerprint density at radius 3 is 2.97 bits per heavy atom. The van der Waals surface area contributed by atoms with Crippen LogP contribution < -0.4 is 15.0 Å². The zero-order valence-corrected chi connectivity index (χ0v) is 17.6. The Morgan fingerprint density at radius 2 is 2.14 bits per heavy atom. The SMILES string of the molecule is COc1ccc([C@@H]2CCCN2Cc2nc3sc4c(c3c(=O)[nH]2)CCC4)c(OC)c1. The first-order valence-corrected chi connectivity index (χ1v) is 11.0. The van der Waals surface area contributed by atoms with Gasteiger partial charge in [0, 0.05) is 22.5 Å². The Kier molecular flexibility index (Phi) is 4.80. The van der Waals surface area contributed by atoms with Crippen molar-refractivity contribution in [3.05, 3.63) is 50.4 Å². The predicted molar refractivity (Wildman–Crippen MR) is 114 cm³/mol. The highest BCUT2D eigenvalue weighted by Gasteiger charge is 2.29. The van der Waals surface area contributed by atoms with Gasteiger partial charge >= 0.3 is 0 Å². The van der Waals surface area contributed by atoms with E-state index in [1.807, 2.05) is 12.1 Å². The number of benzene rings is 1. The number of rotatable bonds is 5. The molecular weight excluding hydrogens is 386 g/mol. The predicted octanol–water partition coefficient (Wildman–Crippen LogP) is 3.83. The smallest absolute Gasteiger partial charge is 0.259 e. The highest BCUT2D eigenvalue weighted by atomic mass is 32.1. The number of ether oxygens (including phenoxy) is 2. The van der Waals surface area contributed by atoms with Crippen LogP contribution in [0.15, 0.2) is 23.0 Å². The first-order chi connectivity index (χ1) is 14.2. The summed E-state index contributed by atoms with van der Waals surface area (Å²) >= 11 is 1.70. The van der Waals surface area contributed by atoms with Crippen molar-refractivity contribution in [1.82, 2.24) is 14.9 Å². The Labute approximate surface area is 173 Å². The number of H-pyrrole nitrogens is 1. The van der Waals surface area contributed by atoms with Gasteiger partial charge in [0.15, 0.2) is 0 Å². The molecule has 1 saturated heterocycles. The van der Waals surface area contributed by atoms with Gasteiger partial charge in [0.1, 0.15) is 22.2 Å². The summed E-state index contributed by atoms with van der Waals surface area (Å²) in [7, 11) is 3.36. The van der Waals surface area contributed by atoms with Crippen molar-refractivity contribution < 1.29 is 9.47 Å². The lowest BCUT2D eigenvalue weighted by Crippen LogP contribution is -2.26. The molecular formula is C22H25N3O3S. The summed E-state index contributed by atoms with van der Waals surface area (Å²) in [6.07, 6.45) is 5.40. The quantitative estimate of drug-likeness (QED) is 0.691. The molecule has 3 aromatic rings.